The van der Waals surface area contributed by atoms with Gasteiger partial charge in [-0.3, -0.25) is 14.4 Å². The van der Waals surface area contributed by atoms with Crippen molar-refractivity contribution in [3.8, 4) is 0 Å². The molecule has 0 aromatic heterocycles. The summed E-state index contributed by atoms with van der Waals surface area (Å²) in [6, 6.07) is -0.963. The fraction of sp³-hybridized carbons (Fsp3) is 0.862. The van der Waals surface area contributed by atoms with Gasteiger partial charge in [0.25, 0.3) is 0 Å². The van der Waals surface area contributed by atoms with Gasteiger partial charge in [-0.05, 0) is 150 Å². The molecule has 0 aromatic carbocycles. The number of aliphatic hydroxyl groups is 7. The number of hydrogen-bond donors (Lipinski definition) is 8. The van der Waals surface area contributed by atoms with E-state index >= 15 is 4.39 Å². The quantitative estimate of drug-likeness (QED) is 0.0876. The number of likely N-dealkylation sites (N-methyl/N-ethyl adjacent to an activating group) is 2. The maximum atomic E-state index is 17.6. The molecule has 0 aromatic rings. The highest BCUT2D eigenvalue weighted by atomic mass is 19.1. The van der Waals surface area contributed by atoms with E-state index < -0.39 is 142 Å². The molecule has 5 fully saturated rings. The first-order chi connectivity index (χ1) is 35.7. The number of aliphatic hydroxyl groups excluding tert-OH is 4. The molecular weight excluding hydrogens is 998 g/mol. The summed E-state index contributed by atoms with van der Waals surface area (Å²) in [7, 11) is 3.72. The monoisotopic (exact) mass is 1090 g/mol. The molecule has 19 heteroatoms. The number of amides is 1. The number of alkyl halides is 1. The van der Waals surface area contributed by atoms with E-state index in [2.05, 4.69) is 5.32 Å². The fourth-order valence-electron chi connectivity index (χ4n) is 15.3. The number of allylic oxidation sites excluding steroid dienone is 4. The van der Waals surface area contributed by atoms with Gasteiger partial charge in [-0.15, -0.1) is 0 Å². The smallest absolute Gasteiger partial charge is 0.407 e. The van der Waals surface area contributed by atoms with Crippen molar-refractivity contribution in [3.63, 3.8) is 0 Å². The summed E-state index contributed by atoms with van der Waals surface area (Å²) in [6.07, 6.45) is -0.780. The average Bonchev–Trinajstić information content (AvgIpc) is 3.81. The Morgan fingerprint density at radius 1 is 0.922 bits per heavy atom. The SMILES string of the molecule is CC[C@H]1OC(=O)[C@H](C)[C@@H](O)[C@H](C)[C@@H](O[C@@H]2O[C@H](C)CC(N(C)CCCCCCNC(=O)OCC(=O)[C@]3(O)[C@H](C)CC4[C@@H]5CCC6=CC(=O)C=C[C@]6(C)C5(F)[C@@H](O)C[C@@]43C)[C@H]2O)[C@](C)(O)C[C@@H](C)CN(C)[C@H](C)[C@@H](O)[C@]1(C)O. The molecule has 18 nitrogen and oxygen atoms in total. The molecule has 0 bridgehead atoms. The molecule has 0 radical (unpaired) electrons. The van der Waals surface area contributed by atoms with Gasteiger partial charge in [0.2, 0.25) is 5.78 Å². The van der Waals surface area contributed by atoms with Gasteiger partial charge in [0.05, 0.1) is 35.9 Å². The molecule has 1 amide bonds. The van der Waals surface area contributed by atoms with Gasteiger partial charge in [-0.1, -0.05) is 59.1 Å². The van der Waals surface area contributed by atoms with Crippen LogP contribution in [0, 0.1) is 46.3 Å². The molecule has 440 valence electrons. The van der Waals surface area contributed by atoms with E-state index in [0.717, 1.165) is 19.3 Å². The van der Waals surface area contributed by atoms with Crippen LogP contribution in [-0.2, 0) is 33.3 Å². The van der Waals surface area contributed by atoms with Crippen molar-refractivity contribution in [2.24, 2.45) is 46.3 Å². The van der Waals surface area contributed by atoms with Crippen LogP contribution in [0.25, 0.3) is 0 Å². The van der Waals surface area contributed by atoms with Crippen molar-refractivity contribution in [2.75, 3.05) is 40.3 Å². The van der Waals surface area contributed by atoms with Crippen LogP contribution < -0.4 is 5.32 Å². The Morgan fingerprint density at radius 2 is 1.58 bits per heavy atom. The normalized spacial score (nSPS) is 46.2. The van der Waals surface area contributed by atoms with Gasteiger partial charge in [-0.2, -0.15) is 0 Å². The molecule has 2 heterocycles. The van der Waals surface area contributed by atoms with Crippen LogP contribution in [0.4, 0.5) is 9.18 Å². The Hall–Kier alpha value is -2.95. The van der Waals surface area contributed by atoms with E-state index in [-0.39, 0.29) is 43.6 Å². The maximum absolute atomic E-state index is 17.6. The van der Waals surface area contributed by atoms with Gasteiger partial charge < -0.3 is 69.8 Å². The van der Waals surface area contributed by atoms with Crippen LogP contribution in [0.5, 0.6) is 0 Å². The Kier molecular flexibility index (Phi) is 19.9. The van der Waals surface area contributed by atoms with Crippen LogP contribution in [0.2, 0.25) is 0 Å². The van der Waals surface area contributed by atoms with E-state index in [1.165, 1.54) is 26.0 Å². The molecule has 22 atom stereocenters. The topological polar surface area (TPSA) is 265 Å². The third kappa shape index (κ3) is 12.0. The lowest BCUT2D eigenvalue weighted by Gasteiger charge is -2.62. The number of ketones is 2. The van der Waals surface area contributed by atoms with Crippen LogP contribution in [-0.4, -0.2) is 193 Å². The summed E-state index contributed by atoms with van der Waals surface area (Å²) < 4.78 is 41.6. The van der Waals surface area contributed by atoms with Gasteiger partial charge in [0, 0.05) is 47.8 Å². The molecule has 0 spiro atoms. The van der Waals surface area contributed by atoms with E-state index in [0.29, 0.717) is 50.8 Å². The Bertz CT molecular complexity index is 2160. The molecule has 77 heavy (non-hydrogen) atoms. The molecule has 3 unspecified atom stereocenters. The molecule has 8 N–H and O–H groups in total. The number of hydrogen-bond acceptors (Lipinski definition) is 17. The van der Waals surface area contributed by atoms with E-state index in [4.69, 9.17) is 18.9 Å². The second-order valence-corrected chi connectivity index (χ2v) is 25.6. The average molecular weight is 1090 g/mol. The van der Waals surface area contributed by atoms with Crippen LogP contribution >= 0.6 is 0 Å². The number of Topliss-reactive ketones (excluding diaryl/α,β-unsaturated/α-hetero) is 1. The number of unbranched alkanes of at least 4 members (excludes halogenated alkanes) is 3. The molecular formula is C58H96FN3O15. The third-order valence-corrected chi connectivity index (χ3v) is 20.1. The van der Waals surface area contributed by atoms with E-state index in [9.17, 15) is 54.9 Å². The minimum absolute atomic E-state index is 0.177. The number of alkyl carbamates (subject to hydrolysis) is 1. The number of carbonyl (C=O) groups excluding carboxylic acids is 4. The predicted molar refractivity (Wildman–Crippen MR) is 285 cm³/mol. The summed E-state index contributed by atoms with van der Waals surface area (Å²) in [4.78, 5) is 56.6. The maximum Gasteiger partial charge on any atom is 0.407 e. The second kappa shape index (κ2) is 24.3. The largest absolute Gasteiger partial charge is 0.459 e. The zero-order valence-corrected chi connectivity index (χ0v) is 48.2. The predicted octanol–water partition coefficient (Wildman–Crippen LogP) is 4.55. The summed E-state index contributed by atoms with van der Waals surface area (Å²) in [5.74, 6) is -5.60. The minimum Gasteiger partial charge on any atom is -0.459 e. The van der Waals surface area contributed by atoms with Crippen molar-refractivity contribution in [1.82, 2.24) is 15.1 Å². The standard InChI is InChI=1S/C58H96FN3O15/c1-14-45-56(11,72)48(68)37(7)62(13)30-32(2)28-55(10,71)49(35(5)46(66)36(6)50(69)76-45)77-51-47(67)42(26-34(4)75-51)61(12)24-18-16-15-17-23-60-52(70)74-31-44(65)58(73)33(3)25-41-40-20-19-38-27-39(63)21-22-53(38,8)57(40,59)43(64)29-54(41,58)9/h21-22,27,32-37,40-43,45-49,51,64,66-68,71-73H,14-20,23-26,28-31H2,1-13H3,(H,60,70)/t32-,33-,34-,35+,36-,37-,40+,41?,42?,43+,45-,46+,47-,48-,49-,51+,53+,54+,55-,56-,57?,58-/m1/s1. The highest BCUT2D eigenvalue weighted by molar-refractivity contribution is 6.01. The highest BCUT2D eigenvalue weighted by Crippen LogP contribution is 2.70. The third-order valence-electron chi connectivity index (χ3n) is 20.1. The number of halogens is 1. The van der Waals surface area contributed by atoms with Gasteiger partial charge in [0.1, 0.15) is 29.5 Å². The summed E-state index contributed by atoms with van der Waals surface area (Å²) in [5, 5.41) is 85.5. The summed E-state index contributed by atoms with van der Waals surface area (Å²) in [5.41, 5.74) is -9.25. The zero-order valence-electron chi connectivity index (χ0n) is 48.2. The summed E-state index contributed by atoms with van der Waals surface area (Å²) in [6.45, 7) is 19.4. The van der Waals surface area contributed by atoms with Gasteiger partial charge in [-0.25, -0.2) is 9.18 Å². The Morgan fingerprint density at radius 3 is 2.25 bits per heavy atom. The molecule has 6 rings (SSSR count). The van der Waals surface area contributed by atoms with E-state index in [1.54, 1.807) is 54.5 Å². The highest BCUT2D eigenvalue weighted by Gasteiger charge is 2.75. The van der Waals surface area contributed by atoms with Crippen molar-refractivity contribution in [1.29, 1.82) is 0 Å². The number of nitrogens with zero attached hydrogens (tertiary/aromatic N) is 2. The fourth-order valence-corrected chi connectivity index (χ4v) is 15.3. The first kappa shape index (κ1) is 63.2. The first-order valence-electron chi connectivity index (χ1n) is 28.6. The first-order valence-corrected chi connectivity index (χ1v) is 28.6. The molecule has 6 aliphatic rings. The minimum atomic E-state index is -2.10. The van der Waals surface area contributed by atoms with Crippen molar-refractivity contribution >= 4 is 23.6 Å². The zero-order chi connectivity index (χ0) is 57.5. The number of cyclic esters (lactones) is 1. The number of esters is 1. The van der Waals surface area contributed by atoms with E-state index in [1.807, 2.05) is 37.7 Å². The van der Waals surface area contributed by atoms with Crippen molar-refractivity contribution in [3.05, 3.63) is 23.8 Å². The number of fused-ring (bicyclic) bond motifs is 5. The molecule has 2 aliphatic heterocycles. The van der Waals surface area contributed by atoms with Crippen LogP contribution in [0.1, 0.15) is 147 Å². The Labute approximate surface area is 456 Å². The second-order valence-electron chi connectivity index (χ2n) is 25.6. The van der Waals surface area contributed by atoms with Crippen LogP contribution in [0.15, 0.2) is 23.8 Å². The number of rotatable bonds is 14. The summed E-state index contributed by atoms with van der Waals surface area (Å²) >= 11 is 0. The van der Waals surface area contributed by atoms with Crippen molar-refractivity contribution < 1.29 is 78.3 Å². The van der Waals surface area contributed by atoms with Gasteiger partial charge >= 0.3 is 12.1 Å². The lowest BCUT2D eigenvalue weighted by atomic mass is 9.44. The molecule has 2 saturated heterocycles. The number of ether oxygens (including phenoxy) is 4. The van der Waals surface area contributed by atoms with Gasteiger partial charge in [0.15, 0.2) is 24.3 Å². The van der Waals surface area contributed by atoms with Crippen molar-refractivity contribution in [2.45, 2.75) is 230 Å². The molecule has 3 saturated carbocycles. The molecule has 4 aliphatic carbocycles. The lowest BCUT2D eigenvalue weighted by Crippen LogP contribution is -2.69. The lowest BCUT2D eigenvalue weighted by molar-refractivity contribution is -0.299. The van der Waals surface area contributed by atoms with Crippen LogP contribution in [0.3, 0.4) is 0 Å². The Balaban J connectivity index is 0.987. The number of nitrogens with one attached hydrogen (secondary N) is 1. The number of carbonyl (C=O) groups is 4.